The Morgan fingerprint density at radius 3 is 2.56 bits per heavy atom. The van der Waals surface area contributed by atoms with Crippen LogP contribution in [0.1, 0.15) is 26.2 Å². The summed E-state index contributed by atoms with van der Waals surface area (Å²) >= 11 is 0. The van der Waals surface area contributed by atoms with Crippen LogP contribution in [-0.2, 0) is 0 Å². The third-order valence-corrected chi connectivity index (χ3v) is 1.52. The molecule has 0 radical (unpaired) electrons. The molecule has 0 fully saturated rings. The fourth-order valence-corrected chi connectivity index (χ4v) is 0.760. The third-order valence-electron chi connectivity index (χ3n) is 1.52. The van der Waals surface area contributed by atoms with Gasteiger partial charge in [0.1, 0.15) is 0 Å². The van der Waals surface area contributed by atoms with E-state index in [0.29, 0.717) is 0 Å². The fraction of sp³-hybridized carbons (Fsp3) is 0.429. The Kier molecular flexibility index (Phi) is 10.2. The van der Waals surface area contributed by atoms with Gasteiger partial charge in [0.25, 0.3) is 0 Å². The van der Waals surface area contributed by atoms with Gasteiger partial charge < -0.3 is 10.2 Å². The van der Waals surface area contributed by atoms with Gasteiger partial charge in [0, 0.05) is 13.0 Å². The maximum atomic E-state index is 8.87. The zero-order chi connectivity index (χ0) is 12.1. The zero-order valence-electron chi connectivity index (χ0n) is 9.45. The summed E-state index contributed by atoms with van der Waals surface area (Å²) in [6.07, 6.45) is 5.10. The summed E-state index contributed by atoms with van der Waals surface area (Å²) in [7, 11) is 0. The van der Waals surface area contributed by atoms with Crippen molar-refractivity contribution >= 4 is 0 Å². The predicted octanol–water partition coefficient (Wildman–Crippen LogP) is 1.10. The van der Waals surface area contributed by atoms with Gasteiger partial charge in [-0.2, -0.15) is 0 Å². The third kappa shape index (κ3) is 12.3. The van der Waals surface area contributed by atoms with Gasteiger partial charge in [0.2, 0.25) is 0 Å². The van der Waals surface area contributed by atoms with Crippen LogP contribution < -0.4 is 0 Å². The molecule has 0 heterocycles. The molecule has 0 amide bonds. The van der Waals surface area contributed by atoms with E-state index >= 15 is 0 Å². The molecule has 2 heteroatoms. The summed E-state index contributed by atoms with van der Waals surface area (Å²) in [6.45, 7) is 1.87. The normalized spacial score (nSPS) is 10.4. The van der Waals surface area contributed by atoms with Gasteiger partial charge in [-0.15, -0.1) is 0 Å². The average molecular weight is 216 g/mol. The standard InChI is InChI=1S/C14H16O2/c1-14(16)12-10-8-6-4-2-3-5-7-9-11-13-15/h10,12,14-16H,7,9,11,13H2,1H3/b12-10+. The summed E-state index contributed by atoms with van der Waals surface area (Å²) in [4.78, 5) is 0. The Bertz CT molecular complexity index is 372. The number of aliphatic hydroxyl groups is 2. The van der Waals surface area contributed by atoms with E-state index in [1.165, 1.54) is 0 Å². The molecule has 0 aromatic heterocycles. The summed E-state index contributed by atoms with van der Waals surface area (Å²) in [5, 5.41) is 17.4. The van der Waals surface area contributed by atoms with Crippen LogP contribution in [-0.4, -0.2) is 22.9 Å². The Morgan fingerprint density at radius 1 is 1.12 bits per heavy atom. The molecule has 0 bridgehead atoms. The molecule has 0 aliphatic rings. The van der Waals surface area contributed by atoms with Crippen molar-refractivity contribution in [2.75, 3.05) is 6.61 Å². The maximum Gasteiger partial charge on any atom is 0.0701 e. The van der Waals surface area contributed by atoms with Crippen LogP contribution in [0, 0.1) is 35.5 Å². The molecule has 0 aliphatic heterocycles. The zero-order valence-corrected chi connectivity index (χ0v) is 9.45. The molecule has 1 unspecified atom stereocenters. The van der Waals surface area contributed by atoms with Crippen molar-refractivity contribution < 1.29 is 10.2 Å². The summed E-state index contributed by atoms with van der Waals surface area (Å²) in [5.41, 5.74) is 0. The quantitative estimate of drug-likeness (QED) is 0.545. The second-order valence-corrected chi connectivity index (χ2v) is 3.10. The number of allylic oxidation sites excluding steroid dienone is 1. The smallest absolute Gasteiger partial charge is 0.0701 e. The molecule has 0 spiro atoms. The minimum Gasteiger partial charge on any atom is -0.396 e. The highest BCUT2D eigenvalue weighted by Gasteiger charge is 1.80. The Morgan fingerprint density at radius 2 is 1.88 bits per heavy atom. The maximum absolute atomic E-state index is 8.87. The van der Waals surface area contributed by atoms with E-state index in [9.17, 15) is 0 Å². The van der Waals surface area contributed by atoms with E-state index in [1.807, 2.05) is 0 Å². The lowest BCUT2D eigenvalue weighted by Crippen LogP contribution is -1.90. The number of hydrogen-bond donors (Lipinski definition) is 2. The largest absolute Gasteiger partial charge is 0.396 e. The highest BCUT2D eigenvalue weighted by atomic mass is 16.3. The van der Waals surface area contributed by atoms with Gasteiger partial charge in [-0.05, 0) is 55.6 Å². The molecule has 2 nitrogen and oxygen atoms in total. The van der Waals surface area contributed by atoms with Crippen LogP contribution in [0.2, 0.25) is 0 Å². The van der Waals surface area contributed by atoms with Crippen molar-refractivity contribution in [2.45, 2.75) is 32.3 Å². The number of unbranched alkanes of at least 4 members (excludes halogenated alkanes) is 2. The van der Waals surface area contributed by atoms with E-state index in [0.717, 1.165) is 19.3 Å². The lowest BCUT2D eigenvalue weighted by atomic mass is 10.2. The van der Waals surface area contributed by atoms with Crippen molar-refractivity contribution in [3.63, 3.8) is 0 Å². The van der Waals surface area contributed by atoms with Crippen molar-refractivity contribution in [1.82, 2.24) is 0 Å². The first-order valence-electron chi connectivity index (χ1n) is 5.21. The SMILES string of the molecule is CC(O)/C=C/C#CC#CC#CCCCCO. The molecule has 0 aliphatic carbocycles. The molecule has 0 aromatic rings. The van der Waals surface area contributed by atoms with Crippen LogP contribution >= 0.6 is 0 Å². The van der Waals surface area contributed by atoms with Crippen molar-refractivity contribution in [3.8, 4) is 35.5 Å². The molecular weight excluding hydrogens is 200 g/mol. The van der Waals surface area contributed by atoms with Gasteiger partial charge in [0.05, 0.1) is 6.10 Å². The summed E-state index contributed by atoms with van der Waals surface area (Å²) < 4.78 is 0. The first-order chi connectivity index (χ1) is 7.77. The van der Waals surface area contributed by atoms with Gasteiger partial charge in [-0.1, -0.05) is 11.8 Å². The summed E-state index contributed by atoms with van der Waals surface area (Å²) in [6, 6.07) is 0. The molecule has 16 heavy (non-hydrogen) atoms. The van der Waals surface area contributed by atoms with Crippen LogP contribution in [0.4, 0.5) is 0 Å². The monoisotopic (exact) mass is 216 g/mol. The van der Waals surface area contributed by atoms with Gasteiger partial charge in [-0.25, -0.2) is 0 Å². The highest BCUT2D eigenvalue weighted by molar-refractivity contribution is 5.37. The molecule has 0 saturated heterocycles. The topological polar surface area (TPSA) is 40.5 Å². The van der Waals surface area contributed by atoms with E-state index in [1.54, 1.807) is 19.1 Å². The lowest BCUT2D eigenvalue weighted by Gasteiger charge is -1.87. The molecule has 1 atom stereocenters. The van der Waals surface area contributed by atoms with Crippen molar-refractivity contribution in [2.24, 2.45) is 0 Å². The Balaban J connectivity index is 3.76. The average Bonchev–Trinajstić information content (AvgIpc) is 2.25. The second kappa shape index (κ2) is 11.4. The summed E-state index contributed by atoms with van der Waals surface area (Å²) in [5.74, 6) is 16.0. The predicted molar refractivity (Wildman–Crippen MR) is 65.1 cm³/mol. The minimum atomic E-state index is -0.478. The highest BCUT2D eigenvalue weighted by Crippen LogP contribution is 1.90. The molecule has 2 N–H and O–H groups in total. The first kappa shape index (κ1) is 14.3. The number of rotatable bonds is 4. The van der Waals surface area contributed by atoms with Crippen molar-refractivity contribution in [3.05, 3.63) is 12.2 Å². The second-order valence-electron chi connectivity index (χ2n) is 3.10. The molecule has 0 rings (SSSR count). The van der Waals surface area contributed by atoms with Crippen LogP contribution in [0.3, 0.4) is 0 Å². The Hall–Kier alpha value is -1.66. The van der Waals surface area contributed by atoms with E-state index in [-0.39, 0.29) is 6.61 Å². The van der Waals surface area contributed by atoms with Gasteiger partial charge in [0.15, 0.2) is 0 Å². The van der Waals surface area contributed by atoms with Crippen LogP contribution in [0.25, 0.3) is 0 Å². The number of aliphatic hydroxyl groups excluding tert-OH is 2. The van der Waals surface area contributed by atoms with Crippen LogP contribution in [0.5, 0.6) is 0 Å². The van der Waals surface area contributed by atoms with E-state index in [2.05, 4.69) is 35.5 Å². The fourth-order valence-electron chi connectivity index (χ4n) is 0.760. The molecule has 0 aromatic carbocycles. The van der Waals surface area contributed by atoms with E-state index < -0.39 is 6.10 Å². The minimum absolute atomic E-state index is 0.217. The van der Waals surface area contributed by atoms with Gasteiger partial charge >= 0.3 is 0 Å². The van der Waals surface area contributed by atoms with Gasteiger partial charge in [-0.3, -0.25) is 0 Å². The number of hydrogen-bond acceptors (Lipinski definition) is 2. The van der Waals surface area contributed by atoms with E-state index in [4.69, 9.17) is 10.2 Å². The first-order valence-corrected chi connectivity index (χ1v) is 5.21. The molecule has 0 saturated carbocycles. The van der Waals surface area contributed by atoms with Crippen molar-refractivity contribution in [1.29, 1.82) is 0 Å². The molecule has 84 valence electrons. The lowest BCUT2D eigenvalue weighted by molar-refractivity contribution is 0.244. The van der Waals surface area contributed by atoms with Crippen LogP contribution in [0.15, 0.2) is 12.2 Å². The molecular formula is C14H16O2. The Labute approximate surface area is 97.4 Å².